The quantitative estimate of drug-likeness (QED) is 0.744. The van der Waals surface area contributed by atoms with E-state index in [2.05, 4.69) is 0 Å². The van der Waals surface area contributed by atoms with Gasteiger partial charge in [0, 0.05) is 5.56 Å². The minimum absolute atomic E-state index is 0.325. The lowest BCUT2D eigenvalue weighted by Gasteiger charge is -2.32. The maximum atomic E-state index is 14.0. The summed E-state index contributed by atoms with van der Waals surface area (Å²) in [6.45, 7) is 7.78. The Hall–Kier alpha value is -1.13. The summed E-state index contributed by atoms with van der Waals surface area (Å²) < 4.78 is 25.4. The predicted molar refractivity (Wildman–Crippen MR) is 71.6 cm³/mol. The highest BCUT2D eigenvalue weighted by Crippen LogP contribution is 2.37. The number of rotatable bonds is 2. The first-order chi connectivity index (χ1) is 8.32. The van der Waals surface area contributed by atoms with Crippen LogP contribution in [-0.2, 0) is 9.31 Å². The van der Waals surface area contributed by atoms with Crippen molar-refractivity contribution in [1.29, 1.82) is 0 Å². The van der Waals surface area contributed by atoms with Crippen LogP contribution in [0.3, 0.4) is 0 Å². The summed E-state index contributed by atoms with van der Waals surface area (Å²) in [6, 6.07) is 8.89. The second kappa shape index (κ2) is 4.52. The molecule has 0 aliphatic carbocycles. The highest BCUT2D eigenvalue weighted by molar-refractivity contribution is 6.53. The fraction of sp³-hybridized carbons (Fsp3) is 0.429. The zero-order valence-electron chi connectivity index (χ0n) is 11.2. The summed E-state index contributed by atoms with van der Waals surface area (Å²) in [5.74, 6) is 1.06. The van der Waals surface area contributed by atoms with E-state index in [-0.39, 0.29) is 5.83 Å². The van der Waals surface area contributed by atoms with Crippen LogP contribution in [0.1, 0.15) is 33.3 Å². The summed E-state index contributed by atoms with van der Waals surface area (Å²) in [4.78, 5) is 0. The Morgan fingerprint density at radius 3 is 2.06 bits per heavy atom. The van der Waals surface area contributed by atoms with Gasteiger partial charge in [0.05, 0.1) is 11.2 Å². The van der Waals surface area contributed by atoms with Crippen LogP contribution >= 0.6 is 0 Å². The van der Waals surface area contributed by atoms with Crippen molar-refractivity contribution in [3.8, 4) is 0 Å². The van der Waals surface area contributed by atoms with E-state index in [1.165, 1.54) is 5.98 Å². The molecule has 0 aromatic heterocycles. The highest BCUT2D eigenvalue weighted by Gasteiger charge is 2.50. The van der Waals surface area contributed by atoms with E-state index in [4.69, 9.17) is 9.31 Å². The summed E-state index contributed by atoms with van der Waals surface area (Å²) >= 11 is 0. The molecule has 0 saturated carbocycles. The van der Waals surface area contributed by atoms with Gasteiger partial charge in [-0.2, -0.15) is 0 Å². The Morgan fingerprint density at radius 2 is 1.56 bits per heavy atom. The third-order valence-electron chi connectivity index (χ3n) is 3.60. The minimum Gasteiger partial charge on any atom is -0.400 e. The molecule has 0 amide bonds. The van der Waals surface area contributed by atoms with E-state index >= 15 is 0 Å². The van der Waals surface area contributed by atoms with Crippen molar-refractivity contribution in [2.24, 2.45) is 0 Å². The molecule has 0 unspecified atom stereocenters. The smallest absolute Gasteiger partial charge is 0.400 e. The van der Waals surface area contributed by atoms with Crippen molar-refractivity contribution in [1.82, 2.24) is 0 Å². The van der Waals surface area contributed by atoms with Gasteiger partial charge in [0.1, 0.15) is 5.83 Å². The average Bonchev–Trinajstić information content (AvgIpc) is 2.48. The molecule has 0 N–H and O–H groups in total. The van der Waals surface area contributed by atoms with Crippen LogP contribution < -0.4 is 0 Å². The monoisotopic (exact) mass is 248 g/mol. The maximum absolute atomic E-state index is 14.0. The average molecular weight is 248 g/mol. The second-order valence-corrected chi connectivity index (χ2v) is 5.51. The van der Waals surface area contributed by atoms with E-state index < -0.39 is 18.3 Å². The Bertz CT molecular complexity index is 438. The van der Waals surface area contributed by atoms with E-state index in [1.807, 2.05) is 33.8 Å². The normalized spacial score (nSPS) is 22.3. The van der Waals surface area contributed by atoms with E-state index in [0.29, 0.717) is 5.56 Å². The summed E-state index contributed by atoms with van der Waals surface area (Å²) in [7, 11) is -0.643. The van der Waals surface area contributed by atoms with E-state index in [1.54, 1.807) is 24.3 Å². The molecule has 1 saturated heterocycles. The molecule has 1 heterocycles. The molecule has 18 heavy (non-hydrogen) atoms. The molecule has 1 aromatic rings. The summed E-state index contributed by atoms with van der Waals surface area (Å²) in [5.41, 5.74) is -0.344. The molecule has 0 radical (unpaired) electrons. The van der Waals surface area contributed by atoms with Crippen molar-refractivity contribution in [3.05, 3.63) is 41.9 Å². The van der Waals surface area contributed by atoms with Crippen molar-refractivity contribution in [3.63, 3.8) is 0 Å². The highest BCUT2D eigenvalue weighted by atomic mass is 19.1. The third kappa shape index (κ3) is 2.50. The number of hydrogen-bond donors (Lipinski definition) is 0. The third-order valence-corrected chi connectivity index (χ3v) is 3.60. The van der Waals surface area contributed by atoms with Gasteiger partial charge in [-0.1, -0.05) is 30.3 Å². The lowest BCUT2D eigenvalue weighted by Crippen LogP contribution is -2.41. The zero-order valence-corrected chi connectivity index (χ0v) is 11.2. The Morgan fingerprint density at radius 1 is 1.06 bits per heavy atom. The van der Waals surface area contributed by atoms with Crippen LogP contribution in [0.2, 0.25) is 0 Å². The van der Waals surface area contributed by atoms with Gasteiger partial charge in [-0.15, -0.1) is 0 Å². The first kappa shape index (κ1) is 13.3. The molecule has 1 fully saturated rings. The van der Waals surface area contributed by atoms with Crippen molar-refractivity contribution < 1.29 is 13.7 Å². The molecule has 1 aromatic carbocycles. The van der Waals surface area contributed by atoms with Crippen molar-refractivity contribution >= 4 is 12.9 Å². The van der Waals surface area contributed by atoms with Crippen LogP contribution in [0.5, 0.6) is 0 Å². The topological polar surface area (TPSA) is 18.5 Å². The molecule has 0 bridgehead atoms. The molecule has 0 spiro atoms. The summed E-state index contributed by atoms with van der Waals surface area (Å²) in [6.07, 6.45) is 0. The lowest BCUT2D eigenvalue weighted by molar-refractivity contribution is 0.00578. The van der Waals surface area contributed by atoms with Crippen molar-refractivity contribution in [2.75, 3.05) is 0 Å². The predicted octanol–water partition coefficient (Wildman–Crippen LogP) is 3.63. The molecule has 1 aliphatic heterocycles. The maximum Gasteiger partial charge on any atom is 0.490 e. The SMILES string of the molecule is CC1(C)OB(/C=C(\F)c2ccccc2)OC1(C)C. The van der Waals surface area contributed by atoms with Gasteiger partial charge in [-0.25, -0.2) is 4.39 Å². The van der Waals surface area contributed by atoms with Gasteiger partial charge in [0.15, 0.2) is 0 Å². The number of hydrogen-bond acceptors (Lipinski definition) is 2. The Labute approximate surface area is 108 Å². The molecule has 2 nitrogen and oxygen atoms in total. The molecule has 2 rings (SSSR count). The molecule has 96 valence electrons. The van der Waals surface area contributed by atoms with Crippen LogP contribution in [0.15, 0.2) is 36.3 Å². The molecule has 4 heteroatoms. The number of halogens is 1. The fourth-order valence-corrected chi connectivity index (χ4v) is 1.77. The van der Waals surface area contributed by atoms with E-state index in [9.17, 15) is 4.39 Å². The van der Waals surface area contributed by atoms with Gasteiger partial charge in [0.2, 0.25) is 0 Å². The Kier molecular flexibility index (Phi) is 3.34. The fourth-order valence-electron chi connectivity index (χ4n) is 1.77. The van der Waals surface area contributed by atoms with Gasteiger partial charge in [-0.3, -0.25) is 0 Å². The van der Waals surface area contributed by atoms with Crippen LogP contribution in [0, 0.1) is 0 Å². The second-order valence-electron chi connectivity index (χ2n) is 5.51. The number of benzene rings is 1. The van der Waals surface area contributed by atoms with Gasteiger partial charge >= 0.3 is 7.12 Å². The largest absolute Gasteiger partial charge is 0.490 e. The van der Waals surface area contributed by atoms with Crippen LogP contribution in [0.4, 0.5) is 4.39 Å². The zero-order chi connectivity index (χ0) is 13.4. The van der Waals surface area contributed by atoms with Crippen LogP contribution in [-0.4, -0.2) is 18.3 Å². The van der Waals surface area contributed by atoms with Crippen molar-refractivity contribution in [2.45, 2.75) is 38.9 Å². The Balaban J connectivity index is 2.17. The van der Waals surface area contributed by atoms with E-state index in [0.717, 1.165) is 0 Å². The van der Waals surface area contributed by atoms with Gasteiger partial charge in [0.25, 0.3) is 0 Å². The molecule has 1 aliphatic rings. The molecular weight excluding hydrogens is 230 g/mol. The minimum atomic E-state index is -0.643. The summed E-state index contributed by atoms with van der Waals surface area (Å²) in [5, 5.41) is 0. The molecule has 0 atom stereocenters. The van der Waals surface area contributed by atoms with Crippen LogP contribution in [0.25, 0.3) is 5.83 Å². The van der Waals surface area contributed by atoms with Gasteiger partial charge in [-0.05, 0) is 33.7 Å². The lowest BCUT2D eigenvalue weighted by atomic mass is 9.88. The molecular formula is C14H18BFO2. The first-order valence-corrected chi connectivity index (χ1v) is 6.10. The van der Waals surface area contributed by atoms with Gasteiger partial charge < -0.3 is 9.31 Å². The first-order valence-electron chi connectivity index (χ1n) is 6.10. The standard InChI is InChI=1S/C14H18BFO2/c1-13(2)14(3,4)18-15(17-13)10-12(16)11-8-6-5-7-9-11/h5-10H,1-4H3/b12-10-.